The van der Waals surface area contributed by atoms with Crippen molar-refractivity contribution in [3.8, 4) is 0 Å². The van der Waals surface area contributed by atoms with Gasteiger partial charge in [0, 0.05) is 13.0 Å². The van der Waals surface area contributed by atoms with Crippen molar-refractivity contribution in [1.82, 2.24) is 10.6 Å². The topological polar surface area (TPSA) is 114 Å². The molecule has 0 saturated heterocycles. The highest BCUT2D eigenvalue weighted by Crippen LogP contribution is 2.12. The highest BCUT2D eigenvalue weighted by atomic mass is 16.3. The van der Waals surface area contributed by atoms with Crippen LogP contribution in [0.3, 0.4) is 0 Å². The van der Waals surface area contributed by atoms with E-state index in [1.807, 2.05) is 6.07 Å². The van der Waals surface area contributed by atoms with Crippen LogP contribution in [0.25, 0.3) is 0 Å². The van der Waals surface area contributed by atoms with E-state index < -0.39 is 11.9 Å². The number of carbonyl (C=O) groups excluding carboxylic acids is 3. The third-order valence-corrected chi connectivity index (χ3v) is 3.33. The molecule has 7 nitrogen and oxygen atoms in total. The summed E-state index contributed by atoms with van der Waals surface area (Å²) in [5, 5.41) is 5.25. The predicted octanol–water partition coefficient (Wildman–Crippen LogP) is 1.13. The zero-order valence-corrected chi connectivity index (χ0v) is 13.0. The van der Waals surface area contributed by atoms with E-state index in [0.717, 1.165) is 0 Å². The Morgan fingerprint density at radius 3 is 2.46 bits per heavy atom. The van der Waals surface area contributed by atoms with Crippen LogP contribution in [-0.2, 0) is 9.59 Å². The van der Waals surface area contributed by atoms with E-state index in [4.69, 9.17) is 10.2 Å². The van der Waals surface area contributed by atoms with Crippen molar-refractivity contribution in [2.24, 2.45) is 5.73 Å². The van der Waals surface area contributed by atoms with E-state index in [0.29, 0.717) is 18.5 Å². The van der Waals surface area contributed by atoms with Gasteiger partial charge in [-0.05, 0) is 24.1 Å². The molecule has 2 aromatic rings. The van der Waals surface area contributed by atoms with Gasteiger partial charge in [-0.3, -0.25) is 14.4 Å². The Morgan fingerprint density at radius 2 is 1.83 bits per heavy atom. The summed E-state index contributed by atoms with van der Waals surface area (Å²) >= 11 is 0. The van der Waals surface area contributed by atoms with Gasteiger partial charge in [-0.2, -0.15) is 0 Å². The normalized spacial score (nSPS) is 11.5. The lowest BCUT2D eigenvalue weighted by Crippen LogP contribution is -2.37. The highest BCUT2D eigenvalue weighted by Gasteiger charge is 2.19. The standard InChI is InChI=1S/C17H19N3O4/c18-16(22)15(12-6-2-1-3-7-12)20-14(21)9-4-10-19-17(23)13-8-5-11-24-13/h1-3,5-8,11,15H,4,9-10H2,(H2,18,22)(H,19,23)(H,20,21). The molecule has 0 bridgehead atoms. The summed E-state index contributed by atoms with van der Waals surface area (Å²) in [5.41, 5.74) is 5.97. The minimum atomic E-state index is -0.864. The summed E-state index contributed by atoms with van der Waals surface area (Å²) < 4.78 is 4.96. The minimum Gasteiger partial charge on any atom is -0.459 e. The molecule has 1 aromatic heterocycles. The first-order chi connectivity index (χ1) is 11.6. The van der Waals surface area contributed by atoms with Crippen LogP contribution < -0.4 is 16.4 Å². The maximum Gasteiger partial charge on any atom is 0.286 e. The summed E-state index contributed by atoms with van der Waals surface area (Å²) in [4.78, 5) is 35.1. The Labute approximate surface area is 139 Å². The molecule has 126 valence electrons. The van der Waals surface area contributed by atoms with Crippen molar-refractivity contribution in [2.75, 3.05) is 6.54 Å². The summed E-state index contributed by atoms with van der Waals surface area (Å²) in [7, 11) is 0. The molecule has 3 amide bonds. The molecule has 1 heterocycles. The first-order valence-corrected chi connectivity index (χ1v) is 7.53. The van der Waals surface area contributed by atoms with E-state index in [-0.39, 0.29) is 24.0 Å². The predicted molar refractivity (Wildman–Crippen MR) is 86.8 cm³/mol. The number of rotatable bonds is 8. The van der Waals surface area contributed by atoms with Crippen molar-refractivity contribution in [2.45, 2.75) is 18.9 Å². The maximum absolute atomic E-state index is 12.0. The van der Waals surface area contributed by atoms with Crippen molar-refractivity contribution in [3.05, 3.63) is 60.1 Å². The van der Waals surface area contributed by atoms with Crippen LogP contribution in [0.5, 0.6) is 0 Å². The third-order valence-electron chi connectivity index (χ3n) is 3.33. The smallest absolute Gasteiger partial charge is 0.286 e. The second-order valence-electron chi connectivity index (χ2n) is 5.15. The van der Waals surface area contributed by atoms with Gasteiger partial charge in [0.1, 0.15) is 6.04 Å². The van der Waals surface area contributed by atoms with Gasteiger partial charge in [-0.1, -0.05) is 30.3 Å². The highest BCUT2D eigenvalue weighted by molar-refractivity contribution is 5.91. The van der Waals surface area contributed by atoms with Crippen molar-refractivity contribution >= 4 is 17.7 Å². The van der Waals surface area contributed by atoms with Crippen LogP contribution in [0.4, 0.5) is 0 Å². The Balaban J connectivity index is 1.75. The van der Waals surface area contributed by atoms with Gasteiger partial charge < -0.3 is 20.8 Å². The van der Waals surface area contributed by atoms with E-state index in [1.54, 1.807) is 36.4 Å². The van der Waals surface area contributed by atoms with Crippen molar-refractivity contribution in [1.29, 1.82) is 0 Å². The first kappa shape index (κ1) is 17.3. The largest absolute Gasteiger partial charge is 0.459 e. The third kappa shape index (κ3) is 4.98. The number of amides is 3. The number of benzene rings is 1. The molecule has 0 aliphatic heterocycles. The van der Waals surface area contributed by atoms with Crippen LogP contribution in [0.2, 0.25) is 0 Å². The number of hydrogen-bond donors (Lipinski definition) is 3. The van der Waals surface area contributed by atoms with Gasteiger partial charge in [0.15, 0.2) is 5.76 Å². The molecule has 1 unspecified atom stereocenters. The molecule has 1 aromatic carbocycles. The van der Waals surface area contributed by atoms with Crippen LogP contribution in [0, 0.1) is 0 Å². The molecule has 4 N–H and O–H groups in total. The average Bonchev–Trinajstić information content (AvgIpc) is 3.11. The molecular formula is C17H19N3O4. The quantitative estimate of drug-likeness (QED) is 0.630. The fourth-order valence-electron chi connectivity index (χ4n) is 2.14. The number of furan rings is 1. The van der Waals surface area contributed by atoms with Crippen LogP contribution in [0.15, 0.2) is 53.1 Å². The SMILES string of the molecule is NC(=O)C(NC(=O)CCCNC(=O)c1ccco1)c1ccccc1. The van der Waals surface area contributed by atoms with E-state index in [2.05, 4.69) is 10.6 Å². The van der Waals surface area contributed by atoms with Gasteiger partial charge >= 0.3 is 0 Å². The molecule has 7 heteroatoms. The maximum atomic E-state index is 12.0. The van der Waals surface area contributed by atoms with Crippen molar-refractivity contribution in [3.63, 3.8) is 0 Å². The second-order valence-corrected chi connectivity index (χ2v) is 5.15. The first-order valence-electron chi connectivity index (χ1n) is 7.53. The molecule has 0 saturated carbocycles. The molecular weight excluding hydrogens is 310 g/mol. The van der Waals surface area contributed by atoms with E-state index >= 15 is 0 Å². The molecule has 0 aliphatic carbocycles. The molecule has 0 spiro atoms. The fourth-order valence-corrected chi connectivity index (χ4v) is 2.14. The van der Waals surface area contributed by atoms with Gasteiger partial charge in [0.2, 0.25) is 11.8 Å². The number of primary amides is 1. The van der Waals surface area contributed by atoms with Gasteiger partial charge in [-0.15, -0.1) is 0 Å². The van der Waals surface area contributed by atoms with Crippen LogP contribution in [0.1, 0.15) is 35.0 Å². The van der Waals surface area contributed by atoms with E-state index in [1.165, 1.54) is 6.26 Å². The Bertz CT molecular complexity index is 683. The van der Waals surface area contributed by atoms with Gasteiger partial charge in [0.25, 0.3) is 5.91 Å². The summed E-state index contributed by atoms with van der Waals surface area (Å²) in [6.07, 6.45) is 2.00. The zero-order valence-electron chi connectivity index (χ0n) is 13.0. The molecule has 0 fully saturated rings. The second kappa shape index (κ2) is 8.52. The minimum absolute atomic E-state index is 0.162. The van der Waals surface area contributed by atoms with Gasteiger partial charge in [0.05, 0.1) is 6.26 Å². The average molecular weight is 329 g/mol. The summed E-state index contributed by atoms with van der Waals surface area (Å²) in [5.74, 6) is -1.05. The Kier molecular flexibility index (Phi) is 6.13. The monoisotopic (exact) mass is 329 g/mol. The number of nitrogens with two attached hydrogens (primary N) is 1. The molecule has 24 heavy (non-hydrogen) atoms. The lowest BCUT2D eigenvalue weighted by Gasteiger charge is -2.15. The van der Waals surface area contributed by atoms with Crippen LogP contribution in [-0.4, -0.2) is 24.3 Å². The van der Waals surface area contributed by atoms with Gasteiger partial charge in [-0.25, -0.2) is 0 Å². The zero-order chi connectivity index (χ0) is 17.4. The van der Waals surface area contributed by atoms with Crippen molar-refractivity contribution < 1.29 is 18.8 Å². The summed E-state index contributed by atoms with van der Waals surface area (Å²) in [6, 6.07) is 11.1. The lowest BCUT2D eigenvalue weighted by molar-refractivity contribution is -0.127. The Morgan fingerprint density at radius 1 is 1.08 bits per heavy atom. The molecule has 0 aliphatic rings. The fraction of sp³-hybridized carbons (Fsp3) is 0.235. The van der Waals surface area contributed by atoms with E-state index in [9.17, 15) is 14.4 Å². The number of carbonyl (C=O) groups is 3. The number of hydrogen-bond acceptors (Lipinski definition) is 4. The summed E-state index contributed by atoms with van der Waals surface area (Å²) in [6.45, 7) is 0.319. The molecule has 0 radical (unpaired) electrons. The molecule has 1 atom stereocenters. The molecule has 2 rings (SSSR count). The van der Waals surface area contributed by atoms with Crippen LogP contribution >= 0.6 is 0 Å². The Hall–Kier alpha value is -3.09. The lowest BCUT2D eigenvalue weighted by atomic mass is 10.1. The number of nitrogens with one attached hydrogen (secondary N) is 2.